The standard InChI is InChI=1S/C17H17ClN2O4/c1-11-6-7-13(10-15(11)18)24-9-8-19-17(21)14-4-3-5-16(12(14)2)20(22)23/h3-7,10H,8-9H2,1-2H3,(H,19,21). The summed E-state index contributed by atoms with van der Waals surface area (Å²) in [6.07, 6.45) is 0. The lowest BCUT2D eigenvalue weighted by atomic mass is 10.1. The van der Waals surface area contributed by atoms with Crippen LogP contribution in [0.4, 0.5) is 5.69 Å². The summed E-state index contributed by atoms with van der Waals surface area (Å²) < 4.78 is 5.51. The number of hydrogen-bond donors (Lipinski definition) is 1. The maximum atomic E-state index is 12.1. The van der Waals surface area contributed by atoms with E-state index in [0.717, 1.165) is 5.56 Å². The van der Waals surface area contributed by atoms with Gasteiger partial charge in [-0.05, 0) is 37.6 Å². The largest absolute Gasteiger partial charge is 0.492 e. The molecule has 6 nitrogen and oxygen atoms in total. The lowest BCUT2D eigenvalue weighted by molar-refractivity contribution is -0.385. The van der Waals surface area contributed by atoms with Gasteiger partial charge in [0, 0.05) is 22.2 Å². The third-order valence-electron chi connectivity index (χ3n) is 3.55. The molecule has 0 atom stereocenters. The molecule has 0 fully saturated rings. The Bertz CT molecular complexity index is 777. The number of hydrogen-bond acceptors (Lipinski definition) is 4. The zero-order chi connectivity index (χ0) is 17.7. The average Bonchev–Trinajstić information content (AvgIpc) is 2.54. The number of nitro benzene ring substituents is 1. The predicted molar refractivity (Wildman–Crippen MR) is 91.9 cm³/mol. The molecule has 0 unspecified atom stereocenters. The highest BCUT2D eigenvalue weighted by Gasteiger charge is 2.17. The van der Waals surface area contributed by atoms with Gasteiger partial charge in [-0.25, -0.2) is 0 Å². The van der Waals surface area contributed by atoms with Gasteiger partial charge in [0.05, 0.1) is 11.5 Å². The highest BCUT2D eigenvalue weighted by atomic mass is 35.5. The molecule has 0 spiro atoms. The fourth-order valence-corrected chi connectivity index (χ4v) is 2.33. The topological polar surface area (TPSA) is 81.5 Å². The Labute approximate surface area is 144 Å². The molecule has 0 saturated heterocycles. The minimum absolute atomic E-state index is 0.0757. The normalized spacial score (nSPS) is 10.3. The zero-order valence-corrected chi connectivity index (χ0v) is 14.1. The van der Waals surface area contributed by atoms with E-state index in [2.05, 4.69) is 5.32 Å². The van der Waals surface area contributed by atoms with E-state index in [4.69, 9.17) is 16.3 Å². The minimum Gasteiger partial charge on any atom is -0.492 e. The molecule has 2 rings (SSSR count). The van der Waals surface area contributed by atoms with Crippen LogP contribution < -0.4 is 10.1 Å². The molecule has 0 radical (unpaired) electrons. The molecule has 2 aromatic carbocycles. The highest BCUT2D eigenvalue weighted by molar-refractivity contribution is 6.31. The molecular formula is C17H17ClN2O4. The summed E-state index contributed by atoms with van der Waals surface area (Å²) in [5, 5.41) is 14.2. The van der Waals surface area contributed by atoms with Crippen molar-refractivity contribution in [1.29, 1.82) is 0 Å². The number of halogens is 1. The highest BCUT2D eigenvalue weighted by Crippen LogP contribution is 2.22. The van der Waals surface area contributed by atoms with Gasteiger partial charge in [-0.15, -0.1) is 0 Å². The Hall–Kier alpha value is -2.60. The molecule has 24 heavy (non-hydrogen) atoms. The summed E-state index contributed by atoms with van der Waals surface area (Å²) in [5.41, 5.74) is 1.50. The second-order valence-electron chi connectivity index (χ2n) is 5.22. The van der Waals surface area contributed by atoms with Crippen molar-refractivity contribution in [3.63, 3.8) is 0 Å². The van der Waals surface area contributed by atoms with Gasteiger partial charge in [0.1, 0.15) is 12.4 Å². The van der Waals surface area contributed by atoms with E-state index in [1.54, 1.807) is 25.1 Å². The Morgan fingerprint density at radius 3 is 2.71 bits per heavy atom. The predicted octanol–water partition coefficient (Wildman–Crippen LogP) is 3.67. The van der Waals surface area contributed by atoms with E-state index < -0.39 is 4.92 Å². The fraction of sp³-hybridized carbons (Fsp3) is 0.235. The summed E-state index contributed by atoms with van der Waals surface area (Å²) in [6.45, 7) is 3.98. The maximum absolute atomic E-state index is 12.1. The molecule has 1 amide bonds. The first-order valence-electron chi connectivity index (χ1n) is 7.31. The first-order chi connectivity index (χ1) is 11.4. The summed E-state index contributed by atoms with van der Waals surface area (Å²) in [4.78, 5) is 22.5. The molecule has 0 aliphatic heterocycles. The van der Waals surface area contributed by atoms with Crippen molar-refractivity contribution in [2.45, 2.75) is 13.8 Å². The van der Waals surface area contributed by atoms with Gasteiger partial charge in [-0.2, -0.15) is 0 Å². The SMILES string of the molecule is Cc1ccc(OCCNC(=O)c2cccc([N+](=O)[O-])c2C)cc1Cl. The Balaban J connectivity index is 1.91. The van der Waals surface area contributed by atoms with E-state index in [9.17, 15) is 14.9 Å². The van der Waals surface area contributed by atoms with Crippen LogP contribution in [0, 0.1) is 24.0 Å². The average molecular weight is 349 g/mol. The van der Waals surface area contributed by atoms with E-state index in [1.165, 1.54) is 12.1 Å². The summed E-state index contributed by atoms with van der Waals surface area (Å²) in [7, 11) is 0. The van der Waals surface area contributed by atoms with Gasteiger partial charge < -0.3 is 10.1 Å². The number of rotatable bonds is 6. The van der Waals surface area contributed by atoms with E-state index in [-0.39, 0.29) is 30.3 Å². The van der Waals surface area contributed by atoms with Crippen molar-refractivity contribution in [2.24, 2.45) is 0 Å². The van der Waals surface area contributed by atoms with E-state index in [1.807, 2.05) is 13.0 Å². The van der Waals surface area contributed by atoms with Crippen LogP contribution in [-0.2, 0) is 0 Å². The molecule has 1 N–H and O–H groups in total. The summed E-state index contributed by atoms with van der Waals surface area (Å²) >= 11 is 6.01. The second kappa shape index (κ2) is 7.79. The van der Waals surface area contributed by atoms with Gasteiger partial charge in [-0.1, -0.05) is 23.7 Å². The van der Waals surface area contributed by atoms with Gasteiger partial charge in [-0.3, -0.25) is 14.9 Å². The Morgan fingerprint density at radius 1 is 1.29 bits per heavy atom. The van der Waals surface area contributed by atoms with Crippen molar-refractivity contribution < 1.29 is 14.5 Å². The van der Waals surface area contributed by atoms with Crippen LogP contribution in [0.5, 0.6) is 5.75 Å². The van der Waals surface area contributed by atoms with Crippen LogP contribution in [-0.4, -0.2) is 24.0 Å². The van der Waals surface area contributed by atoms with E-state index in [0.29, 0.717) is 16.3 Å². The smallest absolute Gasteiger partial charge is 0.273 e. The van der Waals surface area contributed by atoms with E-state index >= 15 is 0 Å². The molecule has 7 heteroatoms. The van der Waals surface area contributed by atoms with Crippen molar-refractivity contribution in [3.8, 4) is 5.75 Å². The monoisotopic (exact) mass is 348 g/mol. The molecule has 2 aromatic rings. The molecule has 0 aliphatic rings. The fourth-order valence-electron chi connectivity index (χ4n) is 2.16. The van der Waals surface area contributed by atoms with Crippen LogP contribution in [0.1, 0.15) is 21.5 Å². The molecule has 0 aromatic heterocycles. The molecule has 126 valence electrons. The molecule has 0 heterocycles. The lowest BCUT2D eigenvalue weighted by Gasteiger charge is -2.10. The number of nitro groups is 1. The molecular weight excluding hydrogens is 332 g/mol. The van der Waals surface area contributed by atoms with Crippen molar-refractivity contribution in [1.82, 2.24) is 5.32 Å². The summed E-state index contributed by atoms with van der Waals surface area (Å²) in [6, 6.07) is 9.78. The van der Waals surface area contributed by atoms with Gasteiger partial charge in [0.15, 0.2) is 0 Å². The number of aryl methyl sites for hydroxylation is 1. The minimum atomic E-state index is -0.504. The molecule has 0 bridgehead atoms. The number of nitrogens with zero attached hydrogens (tertiary/aromatic N) is 1. The van der Waals surface area contributed by atoms with Crippen LogP contribution in [0.15, 0.2) is 36.4 Å². The van der Waals surface area contributed by atoms with Crippen molar-refractivity contribution in [3.05, 3.63) is 68.2 Å². The number of carbonyl (C=O) groups is 1. The van der Waals surface area contributed by atoms with Crippen LogP contribution in [0.3, 0.4) is 0 Å². The Kier molecular flexibility index (Phi) is 5.76. The second-order valence-corrected chi connectivity index (χ2v) is 5.63. The first kappa shape index (κ1) is 17.7. The number of ether oxygens (including phenoxy) is 1. The first-order valence-corrected chi connectivity index (χ1v) is 7.69. The van der Waals surface area contributed by atoms with Gasteiger partial charge in [0.2, 0.25) is 0 Å². The van der Waals surface area contributed by atoms with Crippen LogP contribution in [0.25, 0.3) is 0 Å². The van der Waals surface area contributed by atoms with Crippen LogP contribution in [0.2, 0.25) is 5.02 Å². The zero-order valence-electron chi connectivity index (χ0n) is 13.3. The van der Waals surface area contributed by atoms with Crippen molar-refractivity contribution >= 4 is 23.2 Å². The quantitative estimate of drug-likeness (QED) is 0.490. The number of nitrogens with one attached hydrogen (secondary N) is 1. The number of carbonyl (C=O) groups excluding carboxylic acids is 1. The molecule has 0 saturated carbocycles. The number of amides is 1. The third-order valence-corrected chi connectivity index (χ3v) is 3.95. The van der Waals surface area contributed by atoms with Gasteiger partial charge >= 0.3 is 0 Å². The maximum Gasteiger partial charge on any atom is 0.273 e. The van der Waals surface area contributed by atoms with Gasteiger partial charge in [0.25, 0.3) is 11.6 Å². The van der Waals surface area contributed by atoms with Crippen LogP contribution >= 0.6 is 11.6 Å². The molecule has 0 aliphatic carbocycles. The lowest BCUT2D eigenvalue weighted by Crippen LogP contribution is -2.28. The summed E-state index contributed by atoms with van der Waals surface area (Å²) in [5.74, 6) is 0.244. The number of benzene rings is 2. The third kappa shape index (κ3) is 4.23. The van der Waals surface area contributed by atoms with Crippen molar-refractivity contribution in [2.75, 3.05) is 13.2 Å². The Morgan fingerprint density at radius 2 is 2.04 bits per heavy atom.